The average molecular weight is 436 g/mol. The second-order valence-corrected chi connectivity index (χ2v) is 8.54. The van der Waals surface area contributed by atoms with E-state index in [1.54, 1.807) is 0 Å². The minimum absolute atomic E-state index is 0.532. The molecule has 2 aliphatic heterocycles. The Labute approximate surface area is 184 Å². The number of likely N-dealkylation sites (tertiary alicyclic amines) is 1. The number of aromatic nitrogens is 6. The Bertz CT molecular complexity index is 1260. The zero-order valence-electron chi connectivity index (χ0n) is 17.3. The van der Waals surface area contributed by atoms with Gasteiger partial charge in [0.05, 0.1) is 23.6 Å². The van der Waals surface area contributed by atoms with Gasteiger partial charge < -0.3 is 9.09 Å². The smallest absolute Gasteiger partial charge is 0.241 e. The van der Waals surface area contributed by atoms with E-state index >= 15 is 0 Å². The number of hydrogen-bond donors (Lipinski definition) is 0. The van der Waals surface area contributed by atoms with Crippen molar-refractivity contribution in [3.8, 4) is 28.5 Å². The normalized spacial score (nSPS) is 15.5. The molecular formula is C22H22ClN7O. The highest BCUT2D eigenvalue weighted by atomic mass is 35.5. The van der Waals surface area contributed by atoms with Gasteiger partial charge in [0.1, 0.15) is 12.0 Å². The molecule has 0 unspecified atom stereocenters. The molecule has 158 valence electrons. The maximum absolute atomic E-state index is 6.34. The van der Waals surface area contributed by atoms with E-state index in [1.165, 1.54) is 12.8 Å². The van der Waals surface area contributed by atoms with E-state index < -0.39 is 0 Å². The molecule has 0 bridgehead atoms. The largest absolute Gasteiger partial charge is 0.337 e. The van der Waals surface area contributed by atoms with Gasteiger partial charge in [-0.25, -0.2) is 4.98 Å². The van der Waals surface area contributed by atoms with E-state index in [0.29, 0.717) is 29.7 Å². The van der Waals surface area contributed by atoms with Crippen LogP contribution < -0.4 is 0 Å². The summed E-state index contributed by atoms with van der Waals surface area (Å²) in [5, 5.41) is 9.75. The van der Waals surface area contributed by atoms with Crippen LogP contribution in [0.2, 0.25) is 5.02 Å². The molecule has 0 aliphatic carbocycles. The van der Waals surface area contributed by atoms with Gasteiger partial charge in [-0.15, -0.1) is 0 Å². The van der Waals surface area contributed by atoms with Gasteiger partial charge in [-0.2, -0.15) is 10.1 Å². The predicted molar refractivity (Wildman–Crippen MR) is 116 cm³/mol. The Hall–Kier alpha value is -2.97. The standard InChI is InChI=1S/C22H22ClN7O/c1-2-29-11-14-9-18-21(22-25-19(31-27-22)12-28-7-3-4-8-28)24-13-30(18)17-6-5-15(23)10-16(17)20(14)26-29/h5-6,10-11,13H,2-4,7-9,12H2,1H3. The molecule has 1 aromatic carbocycles. The first kappa shape index (κ1) is 18.8. The predicted octanol–water partition coefficient (Wildman–Crippen LogP) is 3.96. The fraction of sp³-hybridized carbons (Fsp3) is 0.364. The number of imidazole rings is 1. The van der Waals surface area contributed by atoms with Crippen LogP contribution in [0.25, 0.3) is 28.5 Å². The van der Waals surface area contributed by atoms with Crippen LogP contribution in [0, 0.1) is 0 Å². The Balaban J connectivity index is 1.45. The lowest BCUT2D eigenvalue weighted by Crippen LogP contribution is -2.18. The van der Waals surface area contributed by atoms with Crippen molar-refractivity contribution in [3.05, 3.63) is 52.9 Å². The summed E-state index contributed by atoms with van der Waals surface area (Å²) in [7, 11) is 0. The molecule has 5 heterocycles. The van der Waals surface area contributed by atoms with Crippen LogP contribution in [0.15, 0.2) is 35.2 Å². The quantitative estimate of drug-likeness (QED) is 0.425. The zero-order chi connectivity index (χ0) is 20.9. The number of rotatable bonds is 4. The Kier molecular flexibility index (Phi) is 4.43. The van der Waals surface area contributed by atoms with Gasteiger partial charge in [0, 0.05) is 35.3 Å². The Morgan fingerprint density at radius 3 is 2.87 bits per heavy atom. The summed E-state index contributed by atoms with van der Waals surface area (Å²) in [6, 6.07) is 5.88. The van der Waals surface area contributed by atoms with Crippen molar-refractivity contribution in [2.45, 2.75) is 39.3 Å². The number of aryl methyl sites for hydroxylation is 1. The van der Waals surface area contributed by atoms with Crippen molar-refractivity contribution in [2.75, 3.05) is 13.1 Å². The number of nitrogens with zero attached hydrogens (tertiary/aromatic N) is 7. The van der Waals surface area contributed by atoms with Crippen molar-refractivity contribution in [1.82, 2.24) is 34.4 Å². The third kappa shape index (κ3) is 3.18. The van der Waals surface area contributed by atoms with Gasteiger partial charge in [-0.3, -0.25) is 9.58 Å². The van der Waals surface area contributed by atoms with Gasteiger partial charge in [-0.1, -0.05) is 16.8 Å². The SMILES string of the molecule is CCn1cc2c(n1)-c1cc(Cl)ccc1-n1cnc(-c3noc(CN4CCCC4)n3)c1C2. The molecular weight excluding hydrogens is 414 g/mol. The number of halogens is 1. The van der Waals surface area contributed by atoms with E-state index in [1.807, 2.05) is 29.2 Å². The fourth-order valence-electron chi connectivity index (χ4n) is 4.55. The molecule has 31 heavy (non-hydrogen) atoms. The van der Waals surface area contributed by atoms with Crippen LogP contribution in [0.5, 0.6) is 0 Å². The molecule has 8 nitrogen and oxygen atoms in total. The van der Waals surface area contributed by atoms with Crippen LogP contribution in [0.3, 0.4) is 0 Å². The Morgan fingerprint density at radius 2 is 2.03 bits per heavy atom. The van der Waals surface area contributed by atoms with Crippen LogP contribution in [-0.4, -0.2) is 47.5 Å². The number of hydrogen-bond acceptors (Lipinski definition) is 6. The summed E-state index contributed by atoms with van der Waals surface area (Å²) in [6.07, 6.45) is 7.06. The first-order valence-electron chi connectivity index (χ1n) is 10.7. The minimum atomic E-state index is 0.532. The second kappa shape index (κ2) is 7.32. The molecule has 1 saturated heterocycles. The molecule has 4 aromatic rings. The first-order valence-corrected chi connectivity index (χ1v) is 11.1. The molecule has 0 saturated carbocycles. The lowest BCUT2D eigenvalue weighted by Gasteiger charge is -2.10. The summed E-state index contributed by atoms with van der Waals surface area (Å²) in [5.41, 5.74) is 5.85. The van der Waals surface area contributed by atoms with E-state index in [9.17, 15) is 0 Å². The maximum atomic E-state index is 6.34. The lowest BCUT2D eigenvalue weighted by atomic mass is 10.0. The third-order valence-corrected chi connectivity index (χ3v) is 6.33. The minimum Gasteiger partial charge on any atom is -0.337 e. The van der Waals surface area contributed by atoms with Crippen molar-refractivity contribution in [1.29, 1.82) is 0 Å². The van der Waals surface area contributed by atoms with Crippen LogP contribution in [0.1, 0.15) is 36.9 Å². The molecule has 0 spiro atoms. The average Bonchev–Trinajstić information content (AvgIpc) is 3.55. The summed E-state index contributed by atoms with van der Waals surface area (Å²) in [4.78, 5) is 11.7. The highest BCUT2D eigenvalue weighted by molar-refractivity contribution is 6.31. The van der Waals surface area contributed by atoms with Crippen molar-refractivity contribution >= 4 is 11.6 Å². The molecule has 6 rings (SSSR count). The van der Waals surface area contributed by atoms with Crippen LogP contribution in [0.4, 0.5) is 0 Å². The first-order chi connectivity index (χ1) is 15.2. The maximum Gasteiger partial charge on any atom is 0.241 e. The topological polar surface area (TPSA) is 77.8 Å². The number of benzene rings is 1. The molecule has 0 amide bonds. The monoisotopic (exact) mass is 435 g/mol. The zero-order valence-corrected chi connectivity index (χ0v) is 18.0. The summed E-state index contributed by atoms with van der Waals surface area (Å²) in [6.45, 7) is 5.75. The highest BCUT2D eigenvalue weighted by Crippen LogP contribution is 2.38. The van der Waals surface area contributed by atoms with Crippen molar-refractivity contribution < 1.29 is 4.52 Å². The van der Waals surface area contributed by atoms with E-state index in [0.717, 1.165) is 53.5 Å². The van der Waals surface area contributed by atoms with E-state index in [2.05, 4.69) is 37.7 Å². The van der Waals surface area contributed by atoms with Gasteiger partial charge in [0.2, 0.25) is 11.7 Å². The summed E-state index contributed by atoms with van der Waals surface area (Å²) in [5.74, 6) is 1.17. The molecule has 9 heteroatoms. The van der Waals surface area contributed by atoms with Gasteiger partial charge in [0.25, 0.3) is 0 Å². The summed E-state index contributed by atoms with van der Waals surface area (Å²) < 4.78 is 9.62. The van der Waals surface area contributed by atoms with Crippen LogP contribution in [-0.2, 0) is 19.5 Å². The van der Waals surface area contributed by atoms with E-state index in [-0.39, 0.29) is 0 Å². The van der Waals surface area contributed by atoms with Gasteiger partial charge in [0.15, 0.2) is 0 Å². The highest BCUT2D eigenvalue weighted by Gasteiger charge is 2.27. The van der Waals surface area contributed by atoms with Crippen molar-refractivity contribution in [3.63, 3.8) is 0 Å². The lowest BCUT2D eigenvalue weighted by molar-refractivity contribution is 0.268. The van der Waals surface area contributed by atoms with Gasteiger partial charge >= 0.3 is 0 Å². The molecule has 0 N–H and O–H groups in total. The van der Waals surface area contributed by atoms with E-state index in [4.69, 9.17) is 21.2 Å². The molecule has 2 aliphatic rings. The third-order valence-electron chi connectivity index (χ3n) is 6.10. The molecule has 0 atom stereocenters. The van der Waals surface area contributed by atoms with Gasteiger partial charge in [-0.05, 0) is 51.1 Å². The fourth-order valence-corrected chi connectivity index (χ4v) is 4.73. The molecule has 1 fully saturated rings. The van der Waals surface area contributed by atoms with Crippen LogP contribution >= 0.6 is 11.6 Å². The second-order valence-electron chi connectivity index (χ2n) is 8.10. The summed E-state index contributed by atoms with van der Waals surface area (Å²) >= 11 is 6.34. The van der Waals surface area contributed by atoms with Crippen molar-refractivity contribution in [2.24, 2.45) is 0 Å². The molecule has 3 aromatic heterocycles. The number of fused-ring (bicyclic) bond motifs is 5. The Morgan fingerprint density at radius 1 is 1.16 bits per heavy atom. The molecule has 0 radical (unpaired) electrons.